The van der Waals surface area contributed by atoms with Gasteiger partial charge in [0.05, 0.1) is 34.0 Å². The fourth-order valence-corrected chi connectivity index (χ4v) is 6.68. The van der Waals surface area contributed by atoms with Crippen LogP contribution in [-0.2, 0) is 27.9 Å². The van der Waals surface area contributed by atoms with E-state index in [9.17, 15) is 14.3 Å². The van der Waals surface area contributed by atoms with Crippen LogP contribution < -0.4 is 4.89 Å². The molecule has 1 unspecified atom stereocenters. The molecule has 0 N–H and O–H groups in total. The number of phosphoric ester groups is 1. The standard InChI is InChI=1S/C50H88NO7P/c1-6-8-10-12-14-16-18-20-22-24-26-27-29-31-33-35-37-39-41-43-50(52)58-49(48-57-59(53,54)56-46-44-51(3,4)5)47-55-45-42-40-38-36-34-32-30-28-25-23-21-19-17-15-13-11-9-7-2/h8,10,14,16,20,22,26-27,31,33,37,39,42,45,49H,6-7,9,11-13,15,17-19,21,23-25,28-30,32,34-36,38,40-41,43-44,46-48H2,1-5H3/b10-8+,16-14+,22-20+,27-26+,33-31+,39-37+,45-42+/t49-/m1/s1. The number of allylic oxidation sites excluding steroid dienone is 13. The Balaban J connectivity index is 4.39. The van der Waals surface area contributed by atoms with Crippen molar-refractivity contribution < 1.29 is 37.3 Å². The third-order valence-electron chi connectivity index (χ3n) is 9.54. The highest BCUT2D eigenvalue weighted by Crippen LogP contribution is 2.38. The van der Waals surface area contributed by atoms with Crippen molar-refractivity contribution in [2.45, 2.75) is 180 Å². The Hall–Kier alpha value is -2.48. The average Bonchev–Trinajstić information content (AvgIpc) is 3.19. The lowest BCUT2D eigenvalue weighted by molar-refractivity contribution is -0.870. The Labute approximate surface area is 363 Å². The summed E-state index contributed by atoms with van der Waals surface area (Å²) in [4.78, 5) is 25.0. The van der Waals surface area contributed by atoms with Crippen LogP contribution in [0.2, 0.25) is 0 Å². The molecule has 0 spiro atoms. The summed E-state index contributed by atoms with van der Waals surface area (Å²) in [7, 11) is 1.27. The molecule has 0 heterocycles. The number of esters is 1. The molecule has 340 valence electrons. The minimum Gasteiger partial charge on any atom is -0.756 e. The minimum atomic E-state index is -4.57. The van der Waals surface area contributed by atoms with E-state index in [0.29, 0.717) is 17.4 Å². The molecule has 0 saturated carbocycles. The SMILES string of the molecule is CC/C=C/C/C=C/C/C=C/C/C=C/C/C=C/C/C=C/CCC(=O)O[C@H](CO/C=C/CCCCCCCCCCCCCCCCCC)COP(=O)([O-])OCC[N+](C)(C)C. The topological polar surface area (TPSA) is 94.1 Å². The van der Waals surface area contributed by atoms with Crippen molar-refractivity contribution in [2.24, 2.45) is 0 Å². The molecule has 0 aromatic carbocycles. The molecular formula is C50H88NO7P. The van der Waals surface area contributed by atoms with Crippen molar-refractivity contribution in [2.75, 3.05) is 47.5 Å². The van der Waals surface area contributed by atoms with E-state index < -0.39 is 19.9 Å². The van der Waals surface area contributed by atoms with Gasteiger partial charge in [-0.15, -0.1) is 0 Å². The maximum atomic E-state index is 12.7. The summed E-state index contributed by atoms with van der Waals surface area (Å²) in [6.07, 6.45) is 57.1. The summed E-state index contributed by atoms with van der Waals surface area (Å²) in [5.41, 5.74) is 0. The summed E-state index contributed by atoms with van der Waals surface area (Å²) in [6, 6.07) is 0. The quantitative estimate of drug-likeness (QED) is 0.0151. The molecule has 0 aliphatic rings. The van der Waals surface area contributed by atoms with Crippen molar-refractivity contribution in [1.29, 1.82) is 0 Å². The predicted molar refractivity (Wildman–Crippen MR) is 249 cm³/mol. The van der Waals surface area contributed by atoms with Crippen LogP contribution >= 0.6 is 7.82 Å². The highest BCUT2D eigenvalue weighted by Gasteiger charge is 2.20. The zero-order valence-corrected chi connectivity index (χ0v) is 39.3. The zero-order chi connectivity index (χ0) is 43.4. The molecule has 0 saturated heterocycles. The number of hydrogen-bond acceptors (Lipinski definition) is 7. The molecule has 2 atom stereocenters. The number of nitrogens with zero attached hydrogens (tertiary/aromatic N) is 1. The van der Waals surface area contributed by atoms with Gasteiger partial charge in [0, 0.05) is 6.42 Å². The van der Waals surface area contributed by atoms with Gasteiger partial charge in [0.15, 0.2) is 6.10 Å². The number of unbranched alkanes of at least 4 members (excludes halogenated alkanes) is 16. The second-order valence-electron chi connectivity index (χ2n) is 16.5. The number of rotatable bonds is 42. The van der Waals surface area contributed by atoms with Gasteiger partial charge < -0.3 is 27.9 Å². The molecular weight excluding hydrogens is 758 g/mol. The van der Waals surface area contributed by atoms with Crippen LogP contribution in [-0.4, -0.2) is 64.1 Å². The smallest absolute Gasteiger partial charge is 0.306 e. The van der Waals surface area contributed by atoms with Gasteiger partial charge in [0.2, 0.25) is 0 Å². The van der Waals surface area contributed by atoms with Crippen LogP contribution in [0, 0.1) is 0 Å². The lowest BCUT2D eigenvalue weighted by Crippen LogP contribution is -2.37. The van der Waals surface area contributed by atoms with Crippen molar-refractivity contribution in [3.05, 3.63) is 85.3 Å². The van der Waals surface area contributed by atoms with E-state index in [4.69, 9.17) is 18.5 Å². The van der Waals surface area contributed by atoms with Gasteiger partial charge in [-0.2, -0.15) is 0 Å². The highest BCUT2D eigenvalue weighted by molar-refractivity contribution is 7.45. The molecule has 0 aliphatic heterocycles. The van der Waals surface area contributed by atoms with Gasteiger partial charge >= 0.3 is 5.97 Å². The van der Waals surface area contributed by atoms with E-state index in [1.807, 2.05) is 39.4 Å². The summed E-state index contributed by atoms with van der Waals surface area (Å²) < 4.78 is 34.3. The number of phosphoric acid groups is 1. The summed E-state index contributed by atoms with van der Waals surface area (Å²) in [5, 5.41) is 0. The van der Waals surface area contributed by atoms with Crippen LogP contribution in [0.5, 0.6) is 0 Å². The van der Waals surface area contributed by atoms with Gasteiger partial charge in [-0.05, 0) is 63.9 Å². The second kappa shape index (κ2) is 42.2. The number of ether oxygens (including phenoxy) is 2. The Morgan fingerprint density at radius 2 is 1.00 bits per heavy atom. The lowest BCUT2D eigenvalue weighted by Gasteiger charge is -2.28. The zero-order valence-electron chi connectivity index (χ0n) is 38.4. The third kappa shape index (κ3) is 46.4. The van der Waals surface area contributed by atoms with E-state index in [1.54, 1.807) is 6.26 Å². The van der Waals surface area contributed by atoms with Crippen molar-refractivity contribution in [3.8, 4) is 0 Å². The fraction of sp³-hybridized carbons (Fsp3) is 0.700. The molecule has 0 rings (SSSR count). The number of likely N-dealkylation sites (N-methyl/N-ethyl adjacent to an activating group) is 1. The molecule has 9 heteroatoms. The normalized spacial score (nSPS) is 14.4. The van der Waals surface area contributed by atoms with Crippen LogP contribution in [0.25, 0.3) is 0 Å². The van der Waals surface area contributed by atoms with Crippen LogP contribution in [0.4, 0.5) is 0 Å². The lowest BCUT2D eigenvalue weighted by atomic mass is 10.0. The maximum absolute atomic E-state index is 12.7. The van der Waals surface area contributed by atoms with E-state index in [2.05, 4.69) is 74.6 Å². The largest absolute Gasteiger partial charge is 0.756 e. The molecule has 59 heavy (non-hydrogen) atoms. The first-order valence-corrected chi connectivity index (χ1v) is 24.8. The number of hydrogen-bond donors (Lipinski definition) is 0. The molecule has 0 aromatic rings. The molecule has 8 nitrogen and oxygen atoms in total. The van der Waals surface area contributed by atoms with E-state index in [-0.39, 0.29) is 26.2 Å². The molecule has 0 bridgehead atoms. The number of carbonyl (C=O) groups excluding carboxylic acids is 1. The first-order valence-electron chi connectivity index (χ1n) is 23.4. The van der Waals surface area contributed by atoms with Gasteiger partial charge in [0.25, 0.3) is 7.82 Å². The van der Waals surface area contributed by atoms with Crippen molar-refractivity contribution in [1.82, 2.24) is 0 Å². The molecule has 0 radical (unpaired) electrons. The van der Waals surface area contributed by atoms with Crippen molar-refractivity contribution in [3.63, 3.8) is 0 Å². The fourth-order valence-electron chi connectivity index (χ4n) is 5.95. The minimum absolute atomic E-state index is 0.000710. The summed E-state index contributed by atoms with van der Waals surface area (Å²) in [5.74, 6) is -0.439. The average molecular weight is 846 g/mol. The van der Waals surface area contributed by atoms with E-state index in [0.717, 1.165) is 51.4 Å². The molecule has 0 aliphatic carbocycles. The predicted octanol–water partition coefficient (Wildman–Crippen LogP) is 13.8. The monoisotopic (exact) mass is 846 g/mol. The second-order valence-corrected chi connectivity index (χ2v) is 17.9. The van der Waals surface area contributed by atoms with Crippen molar-refractivity contribution >= 4 is 13.8 Å². The van der Waals surface area contributed by atoms with Gasteiger partial charge in [-0.25, -0.2) is 0 Å². The Bertz CT molecular complexity index is 1210. The summed E-state index contributed by atoms with van der Waals surface area (Å²) >= 11 is 0. The van der Waals surface area contributed by atoms with Gasteiger partial charge in [-0.3, -0.25) is 9.36 Å². The molecule has 0 aromatic heterocycles. The molecule has 0 fully saturated rings. The number of carbonyl (C=O) groups is 1. The van der Waals surface area contributed by atoms with Crippen LogP contribution in [0.1, 0.15) is 174 Å². The highest BCUT2D eigenvalue weighted by atomic mass is 31.2. The summed E-state index contributed by atoms with van der Waals surface area (Å²) in [6.45, 7) is 4.53. The first-order chi connectivity index (χ1) is 28.6. The maximum Gasteiger partial charge on any atom is 0.306 e. The number of quaternary nitrogens is 1. The van der Waals surface area contributed by atoms with Gasteiger partial charge in [0.1, 0.15) is 19.8 Å². The van der Waals surface area contributed by atoms with Crippen LogP contribution in [0.15, 0.2) is 85.3 Å². The van der Waals surface area contributed by atoms with Crippen LogP contribution in [0.3, 0.4) is 0 Å². The van der Waals surface area contributed by atoms with E-state index >= 15 is 0 Å². The Morgan fingerprint density at radius 3 is 1.46 bits per heavy atom. The first kappa shape index (κ1) is 56.5. The Kier molecular flexibility index (Phi) is 40.4. The molecule has 0 amide bonds. The Morgan fingerprint density at radius 1 is 0.559 bits per heavy atom. The third-order valence-corrected chi connectivity index (χ3v) is 10.5. The van der Waals surface area contributed by atoms with Gasteiger partial charge in [-0.1, -0.05) is 183 Å². The van der Waals surface area contributed by atoms with E-state index in [1.165, 1.54) is 96.3 Å².